The van der Waals surface area contributed by atoms with Gasteiger partial charge in [0.15, 0.2) is 5.69 Å². The number of hydrogen-bond donors (Lipinski definition) is 1. The Balaban J connectivity index is 1.49. The lowest BCUT2D eigenvalue weighted by atomic mass is 9.96. The van der Waals surface area contributed by atoms with Crippen LogP contribution in [0, 0.1) is 17.2 Å². The minimum atomic E-state index is -4.76. The zero-order valence-corrected chi connectivity index (χ0v) is 25.5. The van der Waals surface area contributed by atoms with Crippen molar-refractivity contribution in [2.24, 2.45) is 5.92 Å². The molecule has 5 heterocycles. The third-order valence-electron chi connectivity index (χ3n) is 8.01. The molecule has 246 valence electrons. The molecule has 1 aromatic carbocycles. The van der Waals surface area contributed by atoms with Crippen molar-refractivity contribution in [2.75, 3.05) is 5.32 Å². The first-order valence-electron chi connectivity index (χ1n) is 14.4. The fourth-order valence-electron chi connectivity index (χ4n) is 5.64. The molecule has 2 atom stereocenters. The predicted molar refractivity (Wildman–Crippen MR) is 162 cm³/mol. The molecule has 0 saturated carbocycles. The van der Waals surface area contributed by atoms with Crippen LogP contribution in [0.25, 0.3) is 28.1 Å². The van der Waals surface area contributed by atoms with E-state index in [1.165, 1.54) is 47.3 Å². The lowest BCUT2D eigenvalue weighted by molar-refractivity contribution is -0.141. The molecule has 0 saturated heterocycles. The summed E-state index contributed by atoms with van der Waals surface area (Å²) in [5, 5.41) is 23.7. The summed E-state index contributed by atoms with van der Waals surface area (Å²) >= 11 is 6.24. The number of hydrogen-bond acceptors (Lipinski definition) is 7. The zero-order chi connectivity index (χ0) is 34.3. The second-order valence-electron chi connectivity index (χ2n) is 11.1. The molecule has 11 nitrogen and oxygen atoms in total. The first kappa shape index (κ1) is 32.5. The van der Waals surface area contributed by atoms with Crippen LogP contribution >= 0.6 is 11.6 Å². The molecule has 2 bridgehead atoms. The van der Waals surface area contributed by atoms with Crippen LogP contribution in [0.1, 0.15) is 55.7 Å². The van der Waals surface area contributed by atoms with Gasteiger partial charge in [0.2, 0.25) is 5.91 Å². The first-order valence-corrected chi connectivity index (χ1v) is 14.8. The molecule has 6 rings (SSSR count). The molecule has 1 aliphatic heterocycles. The second kappa shape index (κ2) is 12.6. The number of carbonyl (C=O) groups excluding carboxylic acids is 1. The lowest BCUT2D eigenvalue weighted by Crippen LogP contribution is -2.27. The van der Waals surface area contributed by atoms with Gasteiger partial charge in [0.05, 0.1) is 46.8 Å². The Hall–Kier alpha value is -5.43. The number of alkyl halides is 5. The maximum atomic E-state index is 14.0. The Morgan fingerprint density at radius 3 is 2.58 bits per heavy atom. The molecule has 1 amide bonds. The van der Waals surface area contributed by atoms with Crippen LogP contribution in [0.2, 0.25) is 5.02 Å². The van der Waals surface area contributed by atoms with E-state index < -0.39 is 41.8 Å². The van der Waals surface area contributed by atoms with E-state index in [9.17, 15) is 36.8 Å². The Kier molecular flexibility index (Phi) is 8.56. The van der Waals surface area contributed by atoms with Crippen LogP contribution in [0.3, 0.4) is 0 Å². The van der Waals surface area contributed by atoms with Crippen molar-refractivity contribution in [1.82, 2.24) is 34.3 Å². The van der Waals surface area contributed by atoms with Crippen molar-refractivity contribution in [3.05, 3.63) is 93.5 Å². The average molecular weight is 684 g/mol. The molecule has 1 aliphatic rings. The number of aromatic nitrogens is 7. The number of carbonyl (C=O) groups is 1. The van der Waals surface area contributed by atoms with E-state index in [4.69, 9.17) is 11.6 Å². The van der Waals surface area contributed by atoms with Crippen molar-refractivity contribution < 1.29 is 26.7 Å². The summed E-state index contributed by atoms with van der Waals surface area (Å²) in [4.78, 5) is 31.3. The Bertz CT molecular complexity index is 2130. The van der Waals surface area contributed by atoms with Crippen LogP contribution in [0.5, 0.6) is 0 Å². The largest absolute Gasteiger partial charge is 0.436 e. The van der Waals surface area contributed by atoms with Gasteiger partial charge in [-0.1, -0.05) is 30.2 Å². The number of nitriles is 1. The molecule has 2 unspecified atom stereocenters. The van der Waals surface area contributed by atoms with Gasteiger partial charge in [-0.25, -0.2) is 9.36 Å². The van der Waals surface area contributed by atoms with Crippen molar-refractivity contribution in [2.45, 2.75) is 45.0 Å². The minimum absolute atomic E-state index is 0.0256. The maximum absolute atomic E-state index is 14.0. The first-order chi connectivity index (χ1) is 22.8. The normalized spacial score (nSPS) is 16.9. The van der Waals surface area contributed by atoms with Crippen molar-refractivity contribution >= 4 is 23.2 Å². The monoisotopic (exact) mass is 683 g/mol. The quantitative estimate of drug-likeness (QED) is 0.210. The van der Waals surface area contributed by atoms with Gasteiger partial charge >= 0.3 is 12.7 Å². The molecular weight excluding hydrogens is 661 g/mol. The molecule has 1 N–H and O–H groups in total. The van der Waals surface area contributed by atoms with Gasteiger partial charge in [-0.2, -0.15) is 32.3 Å². The molecule has 0 aliphatic carbocycles. The van der Waals surface area contributed by atoms with Gasteiger partial charge in [0.25, 0.3) is 5.56 Å². The third-order valence-corrected chi connectivity index (χ3v) is 8.25. The van der Waals surface area contributed by atoms with E-state index in [1.54, 1.807) is 6.92 Å². The fourth-order valence-corrected chi connectivity index (χ4v) is 5.81. The average Bonchev–Trinajstić information content (AvgIpc) is 3.71. The number of fused-ring (bicyclic) bond motifs is 4. The molecule has 48 heavy (non-hydrogen) atoms. The van der Waals surface area contributed by atoms with Crippen LogP contribution in [-0.4, -0.2) is 40.2 Å². The summed E-state index contributed by atoms with van der Waals surface area (Å²) < 4.78 is 70.5. The Morgan fingerprint density at radius 2 is 1.88 bits per heavy atom. The molecule has 0 radical (unpaired) electrons. The number of halogens is 6. The van der Waals surface area contributed by atoms with E-state index in [0.29, 0.717) is 29.4 Å². The van der Waals surface area contributed by atoms with Gasteiger partial charge in [0, 0.05) is 46.1 Å². The minimum Gasteiger partial charge on any atom is -0.323 e. The second-order valence-corrected chi connectivity index (χ2v) is 11.5. The molecule has 5 aromatic rings. The number of amides is 1. The molecule has 17 heteroatoms. The maximum Gasteiger partial charge on any atom is 0.436 e. The summed E-state index contributed by atoms with van der Waals surface area (Å²) in [5.41, 5.74) is -0.955. The van der Waals surface area contributed by atoms with Gasteiger partial charge in [-0.3, -0.25) is 14.6 Å². The summed E-state index contributed by atoms with van der Waals surface area (Å²) in [5.74, 6) is -0.916. The van der Waals surface area contributed by atoms with E-state index >= 15 is 0 Å². The number of nitrogens with one attached hydrogen (secondary N) is 1. The fraction of sp³-hybridized carbons (Fsp3) is 0.258. The number of rotatable bonds is 4. The summed E-state index contributed by atoms with van der Waals surface area (Å²) in [6.45, 7) is -1.33. The molecule has 4 aromatic heterocycles. The molecule has 0 spiro atoms. The highest BCUT2D eigenvalue weighted by Gasteiger charge is 2.35. The van der Waals surface area contributed by atoms with Gasteiger partial charge < -0.3 is 9.88 Å². The standard InChI is InChI=1S/C31H23ClF5N9O2/c1-16-3-2-4-25(22-9-17(7-8-39-22)28-23(41-29(16)48)13-40-46(28)30(33)34)44-14-18(12-38)20(11-27(44)47)21-10-19(32)5-6-24(21)45-15-26(42-43-45)31(35,36)37/h5-11,13-16,25,30H,2-4H2,1H3,(H,41,48). The highest BCUT2D eigenvalue weighted by Crippen LogP contribution is 2.36. The summed E-state index contributed by atoms with van der Waals surface area (Å²) in [7, 11) is 0. The van der Waals surface area contributed by atoms with E-state index in [1.807, 2.05) is 6.07 Å². The molecule has 0 fully saturated rings. The van der Waals surface area contributed by atoms with Crippen LogP contribution in [-0.2, 0) is 11.0 Å². The predicted octanol–water partition coefficient (Wildman–Crippen LogP) is 6.64. The van der Waals surface area contributed by atoms with Gasteiger partial charge in [-0.05, 0) is 43.2 Å². The van der Waals surface area contributed by atoms with Gasteiger partial charge in [0.1, 0.15) is 6.07 Å². The highest BCUT2D eigenvalue weighted by atomic mass is 35.5. The van der Waals surface area contributed by atoms with E-state index in [2.05, 4.69) is 25.7 Å². The SMILES string of the molecule is CC1CCCC(n2cc(C#N)c(-c3cc(Cl)ccc3-n3cc(C(F)(F)F)nn3)cc2=O)c2cc(ccn2)-c2c(cnn2C(F)F)NC1=O. The lowest BCUT2D eigenvalue weighted by Gasteiger charge is -2.23. The van der Waals surface area contributed by atoms with Gasteiger partial charge in [-0.15, -0.1) is 5.10 Å². The Labute approximate surface area is 273 Å². The van der Waals surface area contributed by atoms with Crippen molar-refractivity contribution in [3.8, 4) is 34.1 Å². The Morgan fingerprint density at radius 1 is 1.08 bits per heavy atom. The van der Waals surface area contributed by atoms with Crippen molar-refractivity contribution in [1.29, 1.82) is 5.26 Å². The number of benzene rings is 1. The zero-order valence-electron chi connectivity index (χ0n) is 24.8. The highest BCUT2D eigenvalue weighted by molar-refractivity contribution is 6.31. The van der Waals surface area contributed by atoms with Crippen molar-refractivity contribution in [3.63, 3.8) is 0 Å². The van der Waals surface area contributed by atoms with E-state index in [0.717, 1.165) is 16.9 Å². The molecular formula is C31H23ClF5N9O2. The summed E-state index contributed by atoms with van der Waals surface area (Å²) in [6.07, 6.45) is 0.850. The van der Waals surface area contributed by atoms with Crippen LogP contribution < -0.4 is 10.9 Å². The number of anilines is 1. The third kappa shape index (κ3) is 6.16. The number of nitrogens with zero attached hydrogens (tertiary/aromatic N) is 8. The topological polar surface area (TPSA) is 136 Å². The van der Waals surface area contributed by atoms with E-state index in [-0.39, 0.29) is 50.8 Å². The number of pyridine rings is 2. The smallest absolute Gasteiger partial charge is 0.323 e. The summed E-state index contributed by atoms with van der Waals surface area (Å²) in [6, 6.07) is 9.60. The van der Waals surface area contributed by atoms with Crippen LogP contribution in [0.4, 0.5) is 27.6 Å². The van der Waals surface area contributed by atoms with Crippen LogP contribution in [0.15, 0.2) is 66.0 Å².